The predicted molar refractivity (Wildman–Crippen MR) is 126 cm³/mol. The number of hydrogen-bond donors (Lipinski definition) is 4. The van der Waals surface area contributed by atoms with Gasteiger partial charge in [0.2, 0.25) is 0 Å². The average Bonchev–Trinajstić information content (AvgIpc) is 2.65. The Morgan fingerprint density at radius 3 is 1.34 bits per heavy atom. The molecule has 0 heterocycles. The largest absolute Gasteiger partial charge is 0.343 e. The van der Waals surface area contributed by atoms with E-state index in [-0.39, 0.29) is 25.0 Å². The third-order valence-electron chi connectivity index (χ3n) is 5.68. The van der Waals surface area contributed by atoms with E-state index in [1.165, 1.54) is 89.9 Å². The number of hydrogen-bond acceptors (Lipinski definition) is 5. The van der Waals surface area contributed by atoms with E-state index in [0.717, 1.165) is 19.4 Å². The van der Waals surface area contributed by atoms with Crippen molar-refractivity contribution in [2.24, 2.45) is 5.73 Å². The summed E-state index contributed by atoms with van der Waals surface area (Å²) >= 11 is 0. The molecular formula is C23H51ClN2O3. The highest BCUT2D eigenvalue weighted by atomic mass is 35.5. The van der Waals surface area contributed by atoms with Gasteiger partial charge in [-0.3, -0.25) is 4.90 Å². The Bertz CT molecular complexity index is 328. The summed E-state index contributed by atoms with van der Waals surface area (Å²) in [5.74, 6) is -2.64. The van der Waals surface area contributed by atoms with Crippen LogP contribution in [-0.2, 0) is 0 Å². The van der Waals surface area contributed by atoms with Gasteiger partial charge < -0.3 is 21.1 Å². The van der Waals surface area contributed by atoms with E-state index in [4.69, 9.17) is 5.73 Å². The fraction of sp³-hybridized carbons (Fsp3) is 1.00. The Labute approximate surface area is 186 Å². The van der Waals surface area contributed by atoms with Gasteiger partial charge in [-0.15, -0.1) is 12.4 Å². The molecule has 178 valence electrons. The Morgan fingerprint density at radius 2 is 1.03 bits per heavy atom. The molecule has 0 aromatic heterocycles. The second kappa shape index (κ2) is 21.3. The lowest BCUT2D eigenvalue weighted by Gasteiger charge is -2.31. The summed E-state index contributed by atoms with van der Waals surface area (Å²) in [4.78, 5) is 1.85. The highest BCUT2D eigenvalue weighted by Crippen LogP contribution is 2.14. The van der Waals surface area contributed by atoms with Gasteiger partial charge in [0.05, 0.1) is 6.54 Å². The van der Waals surface area contributed by atoms with Gasteiger partial charge >= 0.3 is 0 Å². The molecule has 0 saturated carbocycles. The fourth-order valence-electron chi connectivity index (χ4n) is 3.74. The van der Waals surface area contributed by atoms with Gasteiger partial charge in [0, 0.05) is 12.6 Å². The molecule has 5 nitrogen and oxygen atoms in total. The van der Waals surface area contributed by atoms with Crippen LogP contribution in [0.2, 0.25) is 0 Å². The summed E-state index contributed by atoms with van der Waals surface area (Å²) < 4.78 is 0. The molecule has 0 rings (SSSR count). The third-order valence-corrected chi connectivity index (χ3v) is 5.68. The van der Waals surface area contributed by atoms with Crippen LogP contribution in [0.25, 0.3) is 0 Å². The molecule has 0 radical (unpaired) electrons. The van der Waals surface area contributed by atoms with Crippen molar-refractivity contribution in [3.63, 3.8) is 0 Å². The lowest BCUT2D eigenvalue weighted by atomic mass is 10.0. The standard InChI is InChI=1S/C23H50N2O3.ClH/c1-3-4-5-6-7-8-9-10-11-12-13-14-15-16-17-18-19-25(22(2)20-24)21-23(26,27)28;/h22,26-28H,3-21,24H2,1-2H3;1H. The first-order valence-electron chi connectivity index (χ1n) is 12.0. The van der Waals surface area contributed by atoms with Crippen molar-refractivity contribution in [3.05, 3.63) is 0 Å². The summed E-state index contributed by atoms with van der Waals surface area (Å²) in [6.07, 6.45) is 21.4. The van der Waals surface area contributed by atoms with Gasteiger partial charge in [-0.05, 0) is 19.9 Å². The molecule has 0 amide bonds. The van der Waals surface area contributed by atoms with Crippen molar-refractivity contribution >= 4 is 12.4 Å². The van der Waals surface area contributed by atoms with Crippen LogP contribution in [0.3, 0.4) is 0 Å². The van der Waals surface area contributed by atoms with E-state index in [1.54, 1.807) is 0 Å². The maximum Gasteiger partial charge on any atom is 0.288 e. The highest BCUT2D eigenvalue weighted by molar-refractivity contribution is 5.85. The summed E-state index contributed by atoms with van der Waals surface area (Å²) in [5, 5.41) is 27.6. The first kappa shape index (κ1) is 31.3. The maximum atomic E-state index is 9.20. The Morgan fingerprint density at radius 1 is 0.690 bits per heavy atom. The summed E-state index contributed by atoms with van der Waals surface area (Å²) in [6.45, 7) is 5.21. The molecular weight excluding hydrogens is 388 g/mol. The molecule has 0 bridgehead atoms. The Balaban J connectivity index is 0. The van der Waals surface area contributed by atoms with Gasteiger partial charge in [0.25, 0.3) is 5.97 Å². The number of rotatable bonds is 21. The van der Waals surface area contributed by atoms with Crippen molar-refractivity contribution in [3.8, 4) is 0 Å². The van der Waals surface area contributed by atoms with Crippen LogP contribution in [0, 0.1) is 0 Å². The summed E-state index contributed by atoms with van der Waals surface area (Å²) in [6, 6.07) is 0.0298. The topological polar surface area (TPSA) is 90.0 Å². The molecule has 1 unspecified atom stereocenters. The van der Waals surface area contributed by atoms with E-state index in [2.05, 4.69) is 6.92 Å². The van der Waals surface area contributed by atoms with E-state index in [9.17, 15) is 15.3 Å². The smallest absolute Gasteiger partial charge is 0.288 e. The minimum Gasteiger partial charge on any atom is -0.343 e. The average molecular weight is 439 g/mol. The minimum atomic E-state index is -2.64. The number of halogens is 1. The maximum absolute atomic E-state index is 9.20. The molecule has 0 aliphatic rings. The molecule has 0 fully saturated rings. The van der Waals surface area contributed by atoms with Crippen molar-refractivity contribution in [1.29, 1.82) is 0 Å². The van der Waals surface area contributed by atoms with Crippen molar-refractivity contribution in [2.75, 3.05) is 19.6 Å². The summed E-state index contributed by atoms with van der Waals surface area (Å²) in [7, 11) is 0. The molecule has 0 spiro atoms. The van der Waals surface area contributed by atoms with Crippen molar-refractivity contribution in [1.82, 2.24) is 4.90 Å². The SMILES string of the molecule is CCCCCCCCCCCCCCCCCCN(CC(O)(O)O)C(C)CN.Cl. The first-order valence-corrected chi connectivity index (χ1v) is 12.0. The number of unbranched alkanes of at least 4 members (excludes halogenated alkanes) is 15. The fourth-order valence-corrected chi connectivity index (χ4v) is 3.74. The van der Waals surface area contributed by atoms with Gasteiger partial charge in [0.1, 0.15) is 0 Å². The highest BCUT2D eigenvalue weighted by Gasteiger charge is 2.25. The van der Waals surface area contributed by atoms with Crippen LogP contribution in [0.4, 0.5) is 0 Å². The Hall–Kier alpha value is 0.0900. The first-order chi connectivity index (χ1) is 13.4. The predicted octanol–water partition coefficient (Wildman–Crippen LogP) is 4.95. The Kier molecular flexibility index (Phi) is 23.0. The summed E-state index contributed by atoms with van der Waals surface area (Å²) in [5.41, 5.74) is 5.67. The molecule has 1 atom stereocenters. The zero-order valence-electron chi connectivity index (χ0n) is 19.3. The van der Waals surface area contributed by atoms with Gasteiger partial charge in [-0.2, -0.15) is 0 Å². The number of nitrogens with zero attached hydrogens (tertiary/aromatic N) is 1. The van der Waals surface area contributed by atoms with Crippen LogP contribution in [0.5, 0.6) is 0 Å². The second-order valence-electron chi connectivity index (χ2n) is 8.63. The minimum absolute atomic E-state index is 0. The monoisotopic (exact) mass is 438 g/mol. The van der Waals surface area contributed by atoms with E-state index >= 15 is 0 Å². The van der Waals surface area contributed by atoms with E-state index < -0.39 is 5.97 Å². The van der Waals surface area contributed by atoms with Crippen molar-refractivity contribution < 1.29 is 15.3 Å². The van der Waals surface area contributed by atoms with Crippen LogP contribution in [0.15, 0.2) is 0 Å². The van der Waals surface area contributed by atoms with Crippen LogP contribution < -0.4 is 5.73 Å². The van der Waals surface area contributed by atoms with Gasteiger partial charge in [-0.1, -0.05) is 103 Å². The lowest BCUT2D eigenvalue weighted by Crippen LogP contribution is -2.49. The zero-order valence-corrected chi connectivity index (χ0v) is 20.1. The molecule has 5 N–H and O–H groups in total. The van der Waals surface area contributed by atoms with Crippen LogP contribution >= 0.6 is 12.4 Å². The molecule has 6 heteroatoms. The van der Waals surface area contributed by atoms with E-state index in [0.29, 0.717) is 6.54 Å². The molecule has 29 heavy (non-hydrogen) atoms. The van der Waals surface area contributed by atoms with Crippen LogP contribution in [-0.4, -0.2) is 51.9 Å². The quantitative estimate of drug-likeness (QED) is 0.150. The normalized spacial score (nSPS) is 12.9. The second-order valence-corrected chi connectivity index (χ2v) is 8.63. The molecule has 0 aromatic rings. The molecule has 0 saturated heterocycles. The zero-order chi connectivity index (χ0) is 21.1. The molecule has 0 aliphatic heterocycles. The van der Waals surface area contributed by atoms with Gasteiger partial charge in [-0.25, -0.2) is 0 Å². The molecule has 0 aliphatic carbocycles. The van der Waals surface area contributed by atoms with Crippen LogP contribution in [0.1, 0.15) is 117 Å². The number of nitrogens with two attached hydrogens (primary N) is 1. The van der Waals surface area contributed by atoms with E-state index in [1.807, 2.05) is 11.8 Å². The van der Waals surface area contributed by atoms with Crippen molar-refractivity contribution in [2.45, 2.75) is 129 Å². The third kappa shape index (κ3) is 22.6. The lowest BCUT2D eigenvalue weighted by molar-refractivity contribution is -0.318. The molecule has 0 aromatic carbocycles. The van der Waals surface area contributed by atoms with Gasteiger partial charge in [0.15, 0.2) is 0 Å². The number of aliphatic hydroxyl groups is 3.